The van der Waals surface area contributed by atoms with Crippen LogP contribution in [0.15, 0.2) is 36.7 Å². The van der Waals surface area contributed by atoms with E-state index in [-0.39, 0.29) is 11.8 Å². The highest BCUT2D eigenvalue weighted by molar-refractivity contribution is 6.06. The summed E-state index contributed by atoms with van der Waals surface area (Å²) in [5.41, 5.74) is 3.46. The fourth-order valence-electron chi connectivity index (χ4n) is 2.73. The van der Waals surface area contributed by atoms with Gasteiger partial charge in [0.05, 0.1) is 18.8 Å². The highest BCUT2D eigenvalue weighted by Gasteiger charge is 2.19. The van der Waals surface area contributed by atoms with Crippen LogP contribution in [-0.4, -0.2) is 48.0 Å². The second-order valence-corrected chi connectivity index (χ2v) is 6.08. The standard InChI is InChI=1S/C19H21N3O3/c1-13-5-6-20-12-16(13)18(23)21-17-11-15(4-3-14(17)2)19(24)22-7-9-25-10-8-22/h3-6,11-12H,7-10H2,1-2H3,(H,21,23). The first-order valence-electron chi connectivity index (χ1n) is 8.26. The molecule has 1 saturated heterocycles. The summed E-state index contributed by atoms with van der Waals surface area (Å²) in [6, 6.07) is 7.16. The second kappa shape index (κ2) is 7.44. The number of hydrogen-bond acceptors (Lipinski definition) is 4. The number of hydrogen-bond donors (Lipinski definition) is 1. The number of carbonyl (C=O) groups excluding carboxylic acids is 2. The van der Waals surface area contributed by atoms with E-state index < -0.39 is 0 Å². The average Bonchev–Trinajstić information content (AvgIpc) is 2.64. The highest BCUT2D eigenvalue weighted by atomic mass is 16.5. The number of carbonyl (C=O) groups is 2. The molecule has 25 heavy (non-hydrogen) atoms. The maximum absolute atomic E-state index is 12.6. The van der Waals surface area contributed by atoms with Gasteiger partial charge in [-0.25, -0.2) is 0 Å². The van der Waals surface area contributed by atoms with E-state index in [0.717, 1.165) is 11.1 Å². The number of nitrogens with zero attached hydrogens (tertiary/aromatic N) is 2. The molecule has 1 aromatic carbocycles. The molecule has 3 rings (SSSR count). The molecule has 0 spiro atoms. The zero-order valence-corrected chi connectivity index (χ0v) is 14.4. The van der Waals surface area contributed by atoms with Crippen LogP contribution in [0, 0.1) is 13.8 Å². The third-order valence-corrected chi connectivity index (χ3v) is 4.31. The Kier molecular flexibility index (Phi) is 5.09. The predicted octanol–water partition coefficient (Wildman–Crippen LogP) is 2.42. The Bertz CT molecular complexity index is 798. The predicted molar refractivity (Wildman–Crippen MR) is 94.8 cm³/mol. The van der Waals surface area contributed by atoms with Crippen molar-refractivity contribution in [3.05, 3.63) is 58.9 Å². The fraction of sp³-hybridized carbons (Fsp3) is 0.316. The number of ether oxygens (including phenoxy) is 1. The largest absolute Gasteiger partial charge is 0.378 e. The first kappa shape index (κ1) is 17.1. The van der Waals surface area contributed by atoms with Crippen molar-refractivity contribution < 1.29 is 14.3 Å². The lowest BCUT2D eigenvalue weighted by Crippen LogP contribution is -2.40. The number of benzene rings is 1. The maximum atomic E-state index is 12.6. The van der Waals surface area contributed by atoms with E-state index in [1.54, 1.807) is 35.5 Å². The number of morpholine rings is 1. The molecule has 1 aliphatic rings. The highest BCUT2D eigenvalue weighted by Crippen LogP contribution is 2.20. The summed E-state index contributed by atoms with van der Waals surface area (Å²) < 4.78 is 5.28. The van der Waals surface area contributed by atoms with Crippen molar-refractivity contribution in [3.63, 3.8) is 0 Å². The van der Waals surface area contributed by atoms with Crippen molar-refractivity contribution in [1.82, 2.24) is 9.88 Å². The van der Waals surface area contributed by atoms with E-state index >= 15 is 0 Å². The van der Waals surface area contributed by atoms with Crippen molar-refractivity contribution >= 4 is 17.5 Å². The molecule has 1 fully saturated rings. The topological polar surface area (TPSA) is 71.5 Å². The van der Waals surface area contributed by atoms with E-state index in [0.29, 0.717) is 43.1 Å². The molecule has 0 bridgehead atoms. The third-order valence-electron chi connectivity index (χ3n) is 4.31. The molecule has 0 aliphatic carbocycles. The van der Waals surface area contributed by atoms with Crippen molar-refractivity contribution in [2.24, 2.45) is 0 Å². The molecule has 1 aliphatic heterocycles. The van der Waals surface area contributed by atoms with Crippen molar-refractivity contribution in [2.75, 3.05) is 31.6 Å². The zero-order chi connectivity index (χ0) is 17.8. The Morgan fingerprint density at radius 1 is 1.12 bits per heavy atom. The van der Waals surface area contributed by atoms with Crippen LogP contribution < -0.4 is 5.32 Å². The summed E-state index contributed by atoms with van der Waals surface area (Å²) >= 11 is 0. The van der Waals surface area contributed by atoms with Crippen LogP contribution in [0.5, 0.6) is 0 Å². The second-order valence-electron chi connectivity index (χ2n) is 6.08. The van der Waals surface area contributed by atoms with Gasteiger partial charge in [0.15, 0.2) is 0 Å². The van der Waals surface area contributed by atoms with Crippen LogP contribution in [0.3, 0.4) is 0 Å². The minimum atomic E-state index is -0.232. The van der Waals surface area contributed by atoms with Crippen molar-refractivity contribution in [2.45, 2.75) is 13.8 Å². The minimum Gasteiger partial charge on any atom is -0.378 e. The molecule has 2 aromatic rings. The van der Waals surface area contributed by atoms with E-state index in [4.69, 9.17) is 4.74 Å². The summed E-state index contributed by atoms with van der Waals surface area (Å²) in [7, 11) is 0. The number of rotatable bonds is 3. The van der Waals surface area contributed by atoms with Gasteiger partial charge in [-0.1, -0.05) is 6.07 Å². The SMILES string of the molecule is Cc1ccc(C(=O)N2CCOCC2)cc1NC(=O)c1cnccc1C. The molecule has 0 unspecified atom stereocenters. The number of pyridine rings is 1. The molecule has 1 aromatic heterocycles. The lowest BCUT2D eigenvalue weighted by Gasteiger charge is -2.27. The van der Waals surface area contributed by atoms with Crippen LogP contribution in [0.4, 0.5) is 5.69 Å². The van der Waals surface area contributed by atoms with Gasteiger partial charge in [0.2, 0.25) is 0 Å². The summed E-state index contributed by atoms with van der Waals surface area (Å²) in [6.07, 6.45) is 3.20. The minimum absolute atomic E-state index is 0.0450. The number of aryl methyl sites for hydroxylation is 2. The number of aromatic nitrogens is 1. The number of amides is 2. The lowest BCUT2D eigenvalue weighted by molar-refractivity contribution is 0.0303. The quantitative estimate of drug-likeness (QED) is 0.932. The molecule has 0 saturated carbocycles. The van der Waals surface area contributed by atoms with Gasteiger partial charge >= 0.3 is 0 Å². The van der Waals surface area contributed by atoms with Gasteiger partial charge < -0.3 is 15.0 Å². The van der Waals surface area contributed by atoms with Gasteiger partial charge in [0, 0.05) is 36.7 Å². The summed E-state index contributed by atoms with van der Waals surface area (Å²) in [5, 5.41) is 2.89. The monoisotopic (exact) mass is 339 g/mol. The Labute approximate surface area is 146 Å². The van der Waals surface area contributed by atoms with Crippen LogP contribution in [-0.2, 0) is 4.74 Å². The zero-order valence-electron chi connectivity index (χ0n) is 14.4. The molecule has 130 valence electrons. The smallest absolute Gasteiger partial charge is 0.257 e. The van der Waals surface area contributed by atoms with Gasteiger partial charge in [-0.15, -0.1) is 0 Å². The molecule has 2 heterocycles. The van der Waals surface area contributed by atoms with Gasteiger partial charge in [-0.3, -0.25) is 14.6 Å². The maximum Gasteiger partial charge on any atom is 0.257 e. The summed E-state index contributed by atoms with van der Waals surface area (Å²) in [5.74, 6) is -0.277. The van der Waals surface area contributed by atoms with E-state index in [1.807, 2.05) is 19.9 Å². The van der Waals surface area contributed by atoms with Crippen LogP contribution in [0.25, 0.3) is 0 Å². The number of nitrogens with one attached hydrogen (secondary N) is 1. The molecule has 0 radical (unpaired) electrons. The van der Waals surface area contributed by atoms with Gasteiger partial charge in [-0.05, 0) is 43.2 Å². The van der Waals surface area contributed by atoms with Crippen molar-refractivity contribution in [3.8, 4) is 0 Å². The Balaban J connectivity index is 1.81. The summed E-state index contributed by atoms with van der Waals surface area (Å²) in [6.45, 7) is 6.05. The molecule has 6 nitrogen and oxygen atoms in total. The molecule has 2 amide bonds. The Morgan fingerprint density at radius 2 is 1.88 bits per heavy atom. The molecule has 1 N–H and O–H groups in total. The average molecular weight is 339 g/mol. The van der Waals surface area contributed by atoms with Crippen LogP contribution >= 0.6 is 0 Å². The van der Waals surface area contributed by atoms with E-state index in [2.05, 4.69) is 10.3 Å². The van der Waals surface area contributed by atoms with Gasteiger partial charge in [0.1, 0.15) is 0 Å². The molecule has 6 heteroatoms. The van der Waals surface area contributed by atoms with Crippen LogP contribution in [0.2, 0.25) is 0 Å². The molecular weight excluding hydrogens is 318 g/mol. The first-order chi connectivity index (χ1) is 12.1. The first-order valence-corrected chi connectivity index (χ1v) is 8.26. The van der Waals surface area contributed by atoms with E-state index in [9.17, 15) is 9.59 Å². The van der Waals surface area contributed by atoms with Gasteiger partial charge in [0.25, 0.3) is 11.8 Å². The lowest BCUT2D eigenvalue weighted by atomic mass is 10.1. The fourth-order valence-corrected chi connectivity index (χ4v) is 2.73. The van der Waals surface area contributed by atoms with Crippen molar-refractivity contribution in [1.29, 1.82) is 0 Å². The molecule has 0 atom stereocenters. The van der Waals surface area contributed by atoms with E-state index in [1.165, 1.54) is 0 Å². The third kappa shape index (κ3) is 3.85. The summed E-state index contributed by atoms with van der Waals surface area (Å²) in [4.78, 5) is 30.9. The van der Waals surface area contributed by atoms with Gasteiger partial charge in [-0.2, -0.15) is 0 Å². The number of anilines is 1. The Hall–Kier alpha value is -2.73. The normalized spacial score (nSPS) is 14.2. The van der Waals surface area contributed by atoms with Crippen LogP contribution in [0.1, 0.15) is 31.8 Å². The molecular formula is C19H21N3O3. The Morgan fingerprint density at radius 3 is 2.60 bits per heavy atom.